The van der Waals surface area contributed by atoms with Gasteiger partial charge in [0.15, 0.2) is 0 Å². The number of benzene rings is 1. The first-order chi connectivity index (χ1) is 13.6. The molecule has 1 aromatic carbocycles. The normalized spacial score (nSPS) is 27.4. The summed E-state index contributed by atoms with van der Waals surface area (Å²) < 4.78 is 0. The van der Waals surface area contributed by atoms with Crippen LogP contribution in [0.2, 0.25) is 0 Å². The minimum absolute atomic E-state index is 0.0186. The van der Waals surface area contributed by atoms with Gasteiger partial charge in [0.1, 0.15) is 0 Å². The van der Waals surface area contributed by atoms with Crippen LogP contribution in [0.1, 0.15) is 85.9 Å². The van der Waals surface area contributed by atoms with Crippen LogP contribution < -0.4 is 11.5 Å². The first-order valence-electron chi connectivity index (χ1n) is 10.7. The Hall–Kier alpha value is -1.92. The van der Waals surface area contributed by atoms with Crippen LogP contribution in [-0.2, 0) is 0 Å². The van der Waals surface area contributed by atoms with Crippen molar-refractivity contribution in [1.29, 1.82) is 0 Å². The predicted molar refractivity (Wildman–Crippen MR) is 114 cm³/mol. The lowest BCUT2D eigenvalue weighted by molar-refractivity contribution is 0.0522. The highest BCUT2D eigenvalue weighted by Gasteiger charge is 2.39. The van der Waals surface area contributed by atoms with Crippen LogP contribution in [0.4, 0.5) is 0 Å². The second-order valence-corrected chi connectivity index (χ2v) is 9.24. The summed E-state index contributed by atoms with van der Waals surface area (Å²) >= 11 is 0. The van der Waals surface area contributed by atoms with E-state index in [4.69, 9.17) is 21.7 Å². The Labute approximate surface area is 173 Å². The van der Waals surface area contributed by atoms with Crippen molar-refractivity contribution in [3.63, 3.8) is 0 Å². The van der Waals surface area contributed by atoms with E-state index in [1.165, 1.54) is 69.6 Å². The van der Waals surface area contributed by atoms with Crippen LogP contribution in [0.3, 0.4) is 0 Å². The molecular formula is C23H36N2O4. The quantitative estimate of drug-likeness (QED) is 0.597. The Kier molecular flexibility index (Phi) is 8.23. The molecule has 0 heterocycles. The summed E-state index contributed by atoms with van der Waals surface area (Å²) in [7, 11) is 0. The summed E-state index contributed by atoms with van der Waals surface area (Å²) in [5.74, 6) is -0.473. The first-order valence-corrected chi connectivity index (χ1v) is 10.7. The van der Waals surface area contributed by atoms with E-state index >= 15 is 0 Å². The van der Waals surface area contributed by atoms with Crippen LogP contribution in [-0.4, -0.2) is 34.2 Å². The minimum Gasteiger partial charge on any atom is -0.478 e. The SMILES string of the molecule is CC(C)(C1CCC(N)CC1)C1CCC(N)CC1.O=C(O)c1cccc(C(=O)O)c1. The molecule has 6 nitrogen and oxygen atoms in total. The number of rotatable bonds is 4. The lowest BCUT2D eigenvalue weighted by atomic mass is 9.60. The number of aromatic carboxylic acids is 2. The largest absolute Gasteiger partial charge is 0.478 e. The fraction of sp³-hybridized carbons (Fsp3) is 0.652. The van der Waals surface area contributed by atoms with E-state index in [1.54, 1.807) is 0 Å². The van der Waals surface area contributed by atoms with Crippen LogP contribution in [0.5, 0.6) is 0 Å². The fourth-order valence-electron chi connectivity index (χ4n) is 4.85. The van der Waals surface area contributed by atoms with Crippen LogP contribution in [0.15, 0.2) is 24.3 Å². The van der Waals surface area contributed by atoms with Crippen molar-refractivity contribution in [3.8, 4) is 0 Å². The van der Waals surface area contributed by atoms with E-state index in [0.717, 1.165) is 17.9 Å². The molecule has 0 aromatic heterocycles. The molecule has 2 fully saturated rings. The van der Waals surface area contributed by atoms with Gasteiger partial charge in [0, 0.05) is 12.1 Å². The molecule has 2 aliphatic carbocycles. The Balaban J connectivity index is 0.000000221. The minimum atomic E-state index is -1.13. The monoisotopic (exact) mass is 404 g/mol. The van der Waals surface area contributed by atoms with Crippen molar-refractivity contribution in [2.75, 3.05) is 0 Å². The summed E-state index contributed by atoms with van der Waals surface area (Å²) in [6, 6.07) is 6.14. The van der Waals surface area contributed by atoms with Gasteiger partial charge in [-0.15, -0.1) is 0 Å². The molecule has 0 aliphatic heterocycles. The van der Waals surface area contributed by atoms with Gasteiger partial charge in [-0.3, -0.25) is 0 Å². The maximum Gasteiger partial charge on any atom is 0.335 e. The standard InChI is InChI=1S/C15H30N2.C8H6O4/c1-15(2,11-3-7-13(16)8-4-11)12-5-9-14(17)10-6-12;9-7(10)5-2-1-3-6(4-5)8(11)12/h11-14H,3-10,16-17H2,1-2H3;1-4H,(H,9,10)(H,11,12). The van der Waals surface area contributed by atoms with E-state index in [9.17, 15) is 9.59 Å². The summed E-state index contributed by atoms with van der Waals surface area (Å²) in [6.45, 7) is 4.99. The first kappa shape index (κ1) is 23.4. The maximum absolute atomic E-state index is 10.4. The second kappa shape index (κ2) is 10.2. The highest BCUT2D eigenvalue weighted by atomic mass is 16.4. The van der Waals surface area contributed by atoms with E-state index < -0.39 is 11.9 Å². The predicted octanol–water partition coefficient (Wildman–Crippen LogP) is 4.13. The Morgan fingerprint density at radius 1 is 0.793 bits per heavy atom. The van der Waals surface area contributed by atoms with Gasteiger partial charge in [-0.05, 0) is 86.8 Å². The number of carbonyl (C=O) groups is 2. The number of hydrogen-bond donors (Lipinski definition) is 4. The number of hydrogen-bond acceptors (Lipinski definition) is 4. The van der Waals surface area contributed by atoms with E-state index in [2.05, 4.69) is 13.8 Å². The molecule has 3 rings (SSSR count). The molecule has 29 heavy (non-hydrogen) atoms. The van der Waals surface area contributed by atoms with Gasteiger partial charge >= 0.3 is 11.9 Å². The molecule has 0 radical (unpaired) electrons. The molecule has 0 saturated heterocycles. The van der Waals surface area contributed by atoms with Crippen molar-refractivity contribution < 1.29 is 19.8 Å². The zero-order valence-corrected chi connectivity index (χ0v) is 17.6. The molecule has 1 aromatic rings. The highest BCUT2D eigenvalue weighted by molar-refractivity contribution is 5.93. The zero-order chi connectivity index (χ0) is 21.6. The molecule has 0 atom stereocenters. The van der Waals surface area contributed by atoms with Crippen LogP contribution >= 0.6 is 0 Å². The Morgan fingerprint density at radius 2 is 1.14 bits per heavy atom. The van der Waals surface area contributed by atoms with Gasteiger partial charge < -0.3 is 21.7 Å². The summed E-state index contributed by atoms with van der Waals surface area (Å²) in [4.78, 5) is 20.8. The van der Waals surface area contributed by atoms with E-state index in [-0.39, 0.29) is 11.1 Å². The van der Waals surface area contributed by atoms with Crippen molar-refractivity contribution >= 4 is 11.9 Å². The van der Waals surface area contributed by atoms with Crippen molar-refractivity contribution in [1.82, 2.24) is 0 Å². The van der Waals surface area contributed by atoms with E-state index in [1.807, 2.05) is 0 Å². The third-order valence-corrected chi connectivity index (χ3v) is 7.00. The topological polar surface area (TPSA) is 127 Å². The van der Waals surface area contributed by atoms with Gasteiger partial charge in [0.2, 0.25) is 0 Å². The smallest absolute Gasteiger partial charge is 0.335 e. The highest BCUT2D eigenvalue weighted by Crippen LogP contribution is 2.47. The van der Waals surface area contributed by atoms with Gasteiger partial charge in [-0.2, -0.15) is 0 Å². The van der Waals surface area contributed by atoms with Gasteiger partial charge in [-0.1, -0.05) is 19.9 Å². The van der Waals surface area contributed by atoms with Crippen molar-refractivity contribution in [2.45, 2.75) is 77.3 Å². The Morgan fingerprint density at radius 3 is 1.45 bits per heavy atom. The zero-order valence-electron chi connectivity index (χ0n) is 17.6. The lowest BCUT2D eigenvalue weighted by Gasteiger charge is -2.46. The average molecular weight is 405 g/mol. The van der Waals surface area contributed by atoms with Crippen LogP contribution in [0, 0.1) is 17.3 Å². The van der Waals surface area contributed by atoms with Crippen molar-refractivity contribution in [2.24, 2.45) is 28.7 Å². The number of carboxylic acids is 2. The summed E-state index contributed by atoms with van der Waals surface area (Å²) in [5, 5.41) is 17.0. The fourth-order valence-corrected chi connectivity index (χ4v) is 4.85. The molecule has 6 N–H and O–H groups in total. The average Bonchev–Trinajstić information content (AvgIpc) is 2.69. The van der Waals surface area contributed by atoms with E-state index in [0.29, 0.717) is 17.5 Å². The molecule has 0 amide bonds. The third-order valence-electron chi connectivity index (χ3n) is 7.00. The lowest BCUT2D eigenvalue weighted by Crippen LogP contribution is -2.40. The molecule has 0 bridgehead atoms. The maximum atomic E-state index is 10.4. The van der Waals surface area contributed by atoms with Gasteiger partial charge in [-0.25, -0.2) is 9.59 Å². The summed E-state index contributed by atoms with van der Waals surface area (Å²) in [6.07, 6.45) is 10.3. The third kappa shape index (κ3) is 6.54. The number of carboxylic acid groups (broad SMARTS) is 2. The molecule has 0 unspecified atom stereocenters. The molecule has 0 spiro atoms. The molecule has 2 aliphatic rings. The number of nitrogens with two attached hydrogens (primary N) is 2. The van der Waals surface area contributed by atoms with Gasteiger partial charge in [0.25, 0.3) is 0 Å². The summed E-state index contributed by atoms with van der Waals surface area (Å²) in [5.41, 5.74) is 12.5. The van der Waals surface area contributed by atoms with Crippen LogP contribution in [0.25, 0.3) is 0 Å². The molecule has 6 heteroatoms. The second-order valence-electron chi connectivity index (χ2n) is 9.24. The molecule has 2 saturated carbocycles. The van der Waals surface area contributed by atoms with Gasteiger partial charge in [0.05, 0.1) is 11.1 Å². The van der Waals surface area contributed by atoms with Crippen molar-refractivity contribution in [3.05, 3.63) is 35.4 Å². The molecule has 162 valence electrons. The molecular weight excluding hydrogens is 368 g/mol. The Bertz CT molecular complexity index is 635.